The first-order chi connectivity index (χ1) is 8.22. The molecule has 0 atom stereocenters. The van der Waals surface area contributed by atoms with Crippen molar-refractivity contribution in [3.63, 3.8) is 0 Å². The Bertz CT molecular complexity index is 445. The van der Waals surface area contributed by atoms with Gasteiger partial charge in [0, 0.05) is 18.8 Å². The van der Waals surface area contributed by atoms with Crippen LogP contribution < -0.4 is 16.0 Å². The number of hydrogen-bond acceptors (Lipinski definition) is 3. The van der Waals surface area contributed by atoms with E-state index in [0.29, 0.717) is 19.6 Å². The summed E-state index contributed by atoms with van der Waals surface area (Å²) >= 11 is 0. The molecule has 1 aromatic carbocycles. The molecule has 0 bridgehead atoms. The fourth-order valence-corrected chi connectivity index (χ4v) is 1.87. The Hall–Kier alpha value is -1.88. The van der Waals surface area contributed by atoms with Crippen LogP contribution in [0.3, 0.4) is 0 Å². The van der Waals surface area contributed by atoms with Gasteiger partial charge in [-0.2, -0.15) is 0 Å². The summed E-state index contributed by atoms with van der Waals surface area (Å²) in [5.74, 6) is -1.04. The number of piperazine rings is 1. The molecule has 0 aliphatic carbocycles. The fourth-order valence-electron chi connectivity index (χ4n) is 1.87. The van der Waals surface area contributed by atoms with Crippen LogP contribution in [0.5, 0.6) is 0 Å². The Balaban J connectivity index is 2.23. The van der Waals surface area contributed by atoms with Gasteiger partial charge >= 0.3 is 11.8 Å². The van der Waals surface area contributed by atoms with Crippen LogP contribution in [0.25, 0.3) is 0 Å². The van der Waals surface area contributed by atoms with Gasteiger partial charge in [0.25, 0.3) is 0 Å². The van der Waals surface area contributed by atoms with E-state index in [-0.39, 0.29) is 0 Å². The number of nitrogens with one attached hydrogen (secondary N) is 1. The summed E-state index contributed by atoms with van der Waals surface area (Å²) < 4.78 is 0. The Labute approximate surface area is 99.6 Å². The Morgan fingerprint density at radius 2 is 2.18 bits per heavy atom. The third kappa shape index (κ3) is 2.45. The van der Waals surface area contributed by atoms with Gasteiger partial charge in [-0.1, -0.05) is 12.1 Å². The number of rotatable bonds is 3. The van der Waals surface area contributed by atoms with Gasteiger partial charge in [-0.05, 0) is 30.7 Å². The van der Waals surface area contributed by atoms with Crippen molar-refractivity contribution in [2.24, 2.45) is 5.73 Å². The summed E-state index contributed by atoms with van der Waals surface area (Å²) in [7, 11) is 0. The van der Waals surface area contributed by atoms with Gasteiger partial charge in [0.15, 0.2) is 0 Å². The number of carbonyl (C=O) groups is 2. The number of anilines is 1. The molecule has 2 rings (SSSR count). The summed E-state index contributed by atoms with van der Waals surface area (Å²) in [5.41, 5.74) is 7.33. The van der Waals surface area contributed by atoms with Crippen molar-refractivity contribution in [2.45, 2.75) is 6.42 Å². The quantitative estimate of drug-likeness (QED) is 0.701. The second kappa shape index (κ2) is 4.97. The lowest BCUT2D eigenvalue weighted by Gasteiger charge is -2.26. The second-order valence-corrected chi connectivity index (χ2v) is 3.92. The molecule has 0 spiro atoms. The predicted molar refractivity (Wildman–Crippen MR) is 64.6 cm³/mol. The van der Waals surface area contributed by atoms with Crippen molar-refractivity contribution in [3.8, 4) is 0 Å². The summed E-state index contributed by atoms with van der Waals surface area (Å²) in [4.78, 5) is 24.4. The molecule has 5 nitrogen and oxygen atoms in total. The highest BCUT2D eigenvalue weighted by Gasteiger charge is 2.27. The Morgan fingerprint density at radius 1 is 1.35 bits per heavy atom. The smallest absolute Gasteiger partial charge is 0.316 e. The first-order valence-electron chi connectivity index (χ1n) is 5.61. The lowest BCUT2D eigenvalue weighted by molar-refractivity contribution is -0.138. The lowest BCUT2D eigenvalue weighted by Crippen LogP contribution is -2.52. The lowest BCUT2D eigenvalue weighted by atomic mass is 10.1. The number of amides is 2. The van der Waals surface area contributed by atoms with Crippen molar-refractivity contribution >= 4 is 17.5 Å². The van der Waals surface area contributed by atoms with Crippen LogP contribution >= 0.6 is 0 Å². The zero-order valence-electron chi connectivity index (χ0n) is 9.48. The topological polar surface area (TPSA) is 75.4 Å². The maximum absolute atomic E-state index is 11.7. The fraction of sp³-hybridized carbons (Fsp3) is 0.333. The van der Waals surface area contributed by atoms with E-state index in [4.69, 9.17) is 5.73 Å². The van der Waals surface area contributed by atoms with Crippen molar-refractivity contribution in [1.29, 1.82) is 0 Å². The molecule has 0 radical (unpaired) electrons. The molecular formula is C12H15N3O2. The van der Waals surface area contributed by atoms with Crippen molar-refractivity contribution in [2.75, 3.05) is 24.5 Å². The number of carbonyl (C=O) groups excluding carboxylic acids is 2. The SMILES string of the molecule is NCCc1cccc(N2CCNC(=O)C2=O)c1. The average Bonchev–Trinajstić information content (AvgIpc) is 2.33. The average molecular weight is 233 g/mol. The van der Waals surface area contributed by atoms with E-state index in [0.717, 1.165) is 17.7 Å². The van der Waals surface area contributed by atoms with E-state index in [1.165, 1.54) is 4.90 Å². The minimum absolute atomic E-state index is 0.492. The van der Waals surface area contributed by atoms with Crippen LogP contribution in [0.1, 0.15) is 5.56 Å². The number of nitrogens with two attached hydrogens (primary N) is 1. The van der Waals surface area contributed by atoms with E-state index >= 15 is 0 Å². The largest absolute Gasteiger partial charge is 0.346 e. The molecule has 1 aliphatic heterocycles. The Morgan fingerprint density at radius 3 is 2.94 bits per heavy atom. The highest BCUT2D eigenvalue weighted by atomic mass is 16.2. The first-order valence-corrected chi connectivity index (χ1v) is 5.61. The van der Waals surface area contributed by atoms with Crippen LogP contribution in [-0.4, -0.2) is 31.4 Å². The van der Waals surface area contributed by atoms with Gasteiger partial charge in [-0.15, -0.1) is 0 Å². The molecule has 1 aromatic rings. The zero-order chi connectivity index (χ0) is 12.3. The molecule has 17 heavy (non-hydrogen) atoms. The molecule has 3 N–H and O–H groups in total. The van der Waals surface area contributed by atoms with Gasteiger partial charge in [-0.25, -0.2) is 0 Å². The van der Waals surface area contributed by atoms with Crippen LogP contribution in [0.2, 0.25) is 0 Å². The van der Waals surface area contributed by atoms with Crippen molar-refractivity contribution in [3.05, 3.63) is 29.8 Å². The number of benzene rings is 1. The normalized spacial score (nSPS) is 15.9. The van der Waals surface area contributed by atoms with Crippen molar-refractivity contribution in [1.82, 2.24) is 5.32 Å². The van der Waals surface area contributed by atoms with E-state index in [1.54, 1.807) is 0 Å². The van der Waals surface area contributed by atoms with E-state index in [2.05, 4.69) is 5.32 Å². The molecule has 1 fully saturated rings. The third-order valence-corrected chi connectivity index (χ3v) is 2.72. The van der Waals surface area contributed by atoms with Crippen LogP contribution in [-0.2, 0) is 16.0 Å². The van der Waals surface area contributed by atoms with Crippen LogP contribution in [0, 0.1) is 0 Å². The van der Waals surface area contributed by atoms with Gasteiger partial charge in [0.05, 0.1) is 0 Å². The highest BCUT2D eigenvalue weighted by molar-refractivity contribution is 6.41. The molecule has 0 unspecified atom stereocenters. The van der Waals surface area contributed by atoms with E-state index < -0.39 is 11.8 Å². The van der Waals surface area contributed by atoms with Gasteiger partial charge in [-0.3, -0.25) is 9.59 Å². The number of hydrogen-bond donors (Lipinski definition) is 2. The zero-order valence-corrected chi connectivity index (χ0v) is 9.48. The molecule has 0 aromatic heterocycles. The molecule has 5 heteroatoms. The monoisotopic (exact) mass is 233 g/mol. The summed E-state index contributed by atoms with van der Waals surface area (Å²) in [6.45, 7) is 1.57. The molecule has 1 saturated heterocycles. The maximum Gasteiger partial charge on any atom is 0.316 e. The molecule has 0 saturated carbocycles. The van der Waals surface area contributed by atoms with Crippen LogP contribution in [0.15, 0.2) is 24.3 Å². The summed E-state index contributed by atoms with van der Waals surface area (Å²) in [6.07, 6.45) is 0.766. The molecule has 1 heterocycles. The van der Waals surface area contributed by atoms with Gasteiger partial charge < -0.3 is 16.0 Å². The highest BCUT2D eigenvalue weighted by Crippen LogP contribution is 2.17. The molecule has 90 valence electrons. The van der Waals surface area contributed by atoms with Crippen LogP contribution in [0.4, 0.5) is 5.69 Å². The van der Waals surface area contributed by atoms with E-state index in [1.807, 2.05) is 24.3 Å². The van der Waals surface area contributed by atoms with Gasteiger partial charge in [0.2, 0.25) is 0 Å². The molecule has 1 aliphatic rings. The first kappa shape index (κ1) is 11.6. The summed E-state index contributed by atoms with van der Waals surface area (Å²) in [6, 6.07) is 7.57. The number of nitrogens with zero attached hydrogens (tertiary/aromatic N) is 1. The standard InChI is InChI=1S/C12H15N3O2/c13-5-4-9-2-1-3-10(8-9)15-7-6-14-11(16)12(15)17/h1-3,8H,4-7,13H2,(H,14,16). The molecular weight excluding hydrogens is 218 g/mol. The van der Waals surface area contributed by atoms with Crippen molar-refractivity contribution < 1.29 is 9.59 Å². The maximum atomic E-state index is 11.7. The third-order valence-electron chi connectivity index (χ3n) is 2.72. The second-order valence-electron chi connectivity index (χ2n) is 3.92. The predicted octanol–water partition coefficient (Wildman–Crippen LogP) is -0.349. The van der Waals surface area contributed by atoms with E-state index in [9.17, 15) is 9.59 Å². The van der Waals surface area contributed by atoms with Gasteiger partial charge in [0.1, 0.15) is 0 Å². The summed E-state index contributed by atoms with van der Waals surface area (Å²) in [5, 5.41) is 2.52. The molecule has 2 amide bonds. The minimum Gasteiger partial charge on any atom is -0.346 e. The minimum atomic E-state index is -0.541. The Kier molecular flexibility index (Phi) is 3.39.